The summed E-state index contributed by atoms with van der Waals surface area (Å²) in [6, 6.07) is 12.6. The molecule has 2 saturated carbocycles. The first kappa shape index (κ1) is 9.41. The fraction of sp³-hybridized carbons (Fsp3) is 0.571. The summed E-state index contributed by atoms with van der Waals surface area (Å²) in [4.78, 5) is 2.62. The van der Waals surface area contributed by atoms with Gasteiger partial charge in [-0.25, -0.2) is 0 Å². The number of nitrogens with zero attached hydrogens (tertiary/aromatic N) is 1. The normalized spacial score (nSPS) is 23.1. The van der Waals surface area contributed by atoms with Gasteiger partial charge in [-0.05, 0) is 44.2 Å². The van der Waals surface area contributed by atoms with Crippen LogP contribution in [-0.2, 0) is 0 Å². The Morgan fingerprint density at radius 3 is 2.27 bits per heavy atom. The zero-order chi connectivity index (χ0) is 10.3. The molecule has 1 aromatic rings. The summed E-state index contributed by atoms with van der Waals surface area (Å²) in [5.41, 5.74) is 1.52. The van der Waals surface area contributed by atoms with Crippen LogP contribution in [0.3, 0.4) is 0 Å². The van der Waals surface area contributed by atoms with Crippen LogP contribution in [0.1, 0.15) is 37.3 Å². The van der Waals surface area contributed by atoms with Crippen molar-refractivity contribution in [3.05, 3.63) is 35.9 Å². The molecule has 80 valence electrons. The Kier molecular flexibility index (Phi) is 2.28. The topological polar surface area (TPSA) is 3.24 Å². The van der Waals surface area contributed by atoms with Gasteiger partial charge in [0.25, 0.3) is 0 Å². The van der Waals surface area contributed by atoms with E-state index < -0.39 is 0 Å². The highest BCUT2D eigenvalue weighted by Gasteiger charge is 2.40. The Morgan fingerprint density at radius 2 is 1.73 bits per heavy atom. The van der Waals surface area contributed by atoms with Gasteiger partial charge in [0.1, 0.15) is 0 Å². The highest BCUT2D eigenvalue weighted by Crippen LogP contribution is 2.47. The molecule has 0 bridgehead atoms. The van der Waals surface area contributed by atoms with Gasteiger partial charge in [-0.2, -0.15) is 0 Å². The van der Waals surface area contributed by atoms with Crippen molar-refractivity contribution >= 4 is 0 Å². The van der Waals surface area contributed by atoms with Crippen molar-refractivity contribution in [3.8, 4) is 0 Å². The molecule has 0 N–H and O–H groups in total. The van der Waals surface area contributed by atoms with Crippen LogP contribution in [0.15, 0.2) is 30.3 Å². The molecule has 0 amide bonds. The standard InChI is InChI=1S/C14H19N/c1-15(13-9-10-13)14(12-7-8-12)11-5-3-2-4-6-11/h2-6,12-14H,7-10H2,1H3. The molecule has 2 fully saturated rings. The lowest BCUT2D eigenvalue weighted by molar-refractivity contribution is 0.211. The first-order valence-corrected chi connectivity index (χ1v) is 6.13. The second-order valence-corrected chi connectivity index (χ2v) is 5.09. The minimum absolute atomic E-state index is 0.693. The van der Waals surface area contributed by atoms with Crippen molar-refractivity contribution < 1.29 is 0 Å². The number of benzene rings is 1. The van der Waals surface area contributed by atoms with Gasteiger partial charge in [0.2, 0.25) is 0 Å². The number of rotatable bonds is 4. The summed E-state index contributed by atoms with van der Waals surface area (Å²) in [7, 11) is 2.31. The van der Waals surface area contributed by atoms with Gasteiger partial charge in [-0.3, -0.25) is 4.90 Å². The maximum atomic E-state index is 2.62. The van der Waals surface area contributed by atoms with E-state index in [0.717, 1.165) is 12.0 Å². The Bertz CT molecular complexity index is 324. The van der Waals surface area contributed by atoms with Crippen molar-refractivity contribution in [2.24, 2.45) is 5.92 Å². The lowest BCUT2D eigenvalue weighted by Crippen LogP contribution is -2.28. The van der Waals surface area contributed by atoms with Crippen molar-refractivity contribution in [2.75, 3.05) is 7.05 Å². The first-order valence-electron chi connectivity index (χ1n) is 6.13. The molecule has 2 aliphatic carbocycles. The van der Waals surface area contributed by atoms with E-state index in [1.54, 1.807) is 0 Å². The quantitative estimate of drug-likeness (QED) is 0.723. The van der Waals surface area contributed by atoms with Crippen molar-refractivity contribution in [3.63, 3.8) is 0 Å². The summed E-state index contributed by atoms with van der Waals surface area (Å²) >= 11 is 0. The van der Waals surface area contributed by atoms with Crippen LogP contribution >= 0.6 is 0 Å². The Balaban J connectivity index is 1.83. The van der Waals surface area contributed by atoms with Crippen LogP contribution in [0.5, 0.6) is 0 Å². The largest absolute Gasteiger partial charge is 0.296 e. The fourth-order valence-electron chi connectivity index (χ4n) is 2.61. The van der Waals surface area contributed by atoms with E-state index in [9.17, 15) is 0 Å². The molecule has 0 radical (unpaired) electrons. The maximum Gasteiger partial charge on any atom is 0.0376 e. The van der Waals surface area contributed by atoms with E-state index in [-0.39, 0.29) is 0 Å². The zero-order valence-corrected chi connectivity index (χ0v) is 9.39. The van der Waals surface area contributed by atoms with Crippen LogP contribution in [0.2, 0.25) is 0 Å². The summed E-state index contributed by atoms with van der Waals surface area (Å²) < 4.78 is 0. The highest BCUT2D eigenvalue weighted by atomic mass is 15.2. The third kappa shape index (κ3) is 1.93. The summed E-state index contributed by atoms with van der Waals surface area (Å²) in [6.45, 7) is 0. The van der Waals surface area contributed by atoms with Crippen molar-refractivity contribution in [1.82, 2.24) is 4.90 Å². The van der Waals surface area contributed by atoms with Crippen LogP contribution in [0, 0.1) is 5.92 Å². The van der Waals surface area contributed by atoms with Crippen LogP contribution in [0.25, 0.3) is 0 Å². The van der Waals surface area contributed by atoms with Gasteiger partial charge in [-0.15, -0.1) is 0 Å². The molecule has 1 nitrogen and oxygen atoms in total. The van der Waals surface area contributed by atoms with Gasteiger partial charge >= 0.3 is 0 Å². The molecular formula is C14H19N. The Morgan fingerprint density at radius 1 is 1.07 bits per heavy atom. The molecule has 0 aliphatic heterocycles. The van der Waals surface area contributed by atoms with Gasteiger partial charge in [0, 0.05) is 12.1 Å². The number of hydrogen-bond donors (Lipinski definition) is 0. The molecule has 1 unspecified atom stereocenters. The van der Waals surface area contributed by atoms with Gasteiger partial charge in [0.15, 0.2) is 0 Å². The summed E-state index contributed by atoms with van der Waals surface area (Å²) in [6.07, 6.45) is 5.67. The van der Waals surface area contributed by atoms with E-state index in [1.807, 2.05) is 0 Å². The third-order valence-corrected chi connectivity index (χ3v) is 3.77. The average Bonchev–Trinajstić information content (AvgIpc) is 3.13. The second-order valence-electron chi connectivity index (χ2n) is 5.09. The number of hydrogen-bond acceptors (Lipinski definition) is 1. The Hall–Kier alpha value is -0.820. The van der Waals surface area contributed by atoms with E-state index >= 15 is 0 Å². The predicted octanol–water partition coefficient (Wildman–Crippen LogP) is 3.23. The predicted molar refractivity (Wildman–Crippen MR) is 62.7 cm³/mol. The molecule has 0 heterocycles. The van der Waals surface area contributed by atoms with Crippen molar-refractivity contribution in [2.45, 2.75) is 37.8 Å². The lowest BCUT2D eigenvalue weighted by atomic mass is 10.0. The third-order valence-electron chi connectivity index (χ3n) is 3.77. The van der Waals surface area contributed by atoms with E-state index in [0.29, 0.717) is 6.04 Å². The van der Waals surface area contributed by atoms with Gasteiger partial charge in [-0.1, -0.05) is 30.3 Å². The molecule has 1 aromatic carbocycles. The van der Waals surface area contributed by atoms with Crippen LogP contribution in [-0.4, -0.2) is 18.0 Å². The molecule has 2 aliphatic rings. The SMILES string of the molecule is CN(C1CC1)C(c1ccccc1)C1CC1. The molecule has 0 aromatic heterocycles. The summed E-state index contributed by atoms with van der Waals surface area (Å²) in [5.74, 6) is 0.929. The van der Waals surface area contributed by atoms with Gasteiger partial charge in [0.05, 0.1) is 0 Å². The van der Waals surface area contributed by atoms with Crippen LogP contribution < -0.4 is 0 Å². The molecule has 1 heteroatoms. The average molecular weight is 201 g/mol. The molecule has 1 atom stereocenters. The maximum absolute atomic E-state index is 2.62. The second kappa shape index (κ2) is 3.64. The molecule has 3 rings (SSSR count). The van der Waals surface area contributed by atoms with Crippen LogP contribution in [0.4, 0.5) is 0 Å². The summed E-state index contributed by atoms with van der Waals surface area (Å²) in [5, 5.41) is 0. The molecule has 0 spiro atoms. The van der Waals surface area contributed by atoms with Gasteiger partial charge < -0.3 is 0 Å². The van der Waals surface area contributed by atoms with E-state index in [1.165, 1.54) is 31.2 Å². The Labute approximate surface area is 92.1 Å². The first-order chi connectivity index (χ1) is 7.36. The smallest absolute Gasteiger partial charge is 0.0376 e. The molecule has 0 saturated heterocycles. The minimum atomic E-state index is 0.693. The van der Waals surface area contributed by atoms with Crippen molar-refractivity contribution in [1.29, 1.82) is 0 Å². The molecule has 15 heavy (non-hydrogen) atoms. The minimum Gasteiger partial charge on any atom is -0.296 e. The highest BCUT2D eigenvalue weighted by molar-refractivity contribution is 5.21. The lowest BCUT2D eigenvalue weighted by Gasteiger charge is -2.28. The monoisotopic (exact) mass is 201 g/mol. The molecular weight excluding hydrogens is 182 g/mol. The zero-order valence-electron chi connectivity index (χ0n) is 9.39. The van der Waals surface area contributed by atoms with E-state index in [2.05, 4.69) is 42.3 Å². The van der Waals surface area contributed by atoms with E-state index in [4.69, 9.17) is 0 Å². The fourth-order valence-corrected chi connectivity index (χ4v) is 2.61.